The molecule has 2 aliphatic carbocycles. The number of phenols is 1. The second-order valence-electron chi connectivity index (χ2n) is 13.3. The lowest BCUT2D eigenvalue weighted by Crippen LogP contribution is -2.74. The Labute approximate surface area is 205 Å². The van der Waals surface area contributed by atoms with Crippen molar-refractivity contribution in [2.45, 2.75) is 103 Å². The third-order valence-corrected chi connectivity index (χ3v) is 10.8. The van der Waals surface area contributed by atoms with E-state index in [4.69, 9.17) is 9.47 Å². The van der Waals surface area contributed by atoms with E-state index in [1.54, 1.807) is 13.2 Å². The molecule has 190 valence electrons. The second-order valence-corrected chi connectivity index (χ2v) is 13.3. The van der Waals surface area contributed by atoms with Crippen LogP contribution in [-0.4, -0.2) is 59.2 Å². The maximum absolute atomic E-state index is 12.0. The van der Waals surface area contributed by atoms with Gasteiger partial charge in [0.25, 0.3) is 0 Å². The number of hydrogen-bond acceptors (Lipinski definition) is 5. The van der Waals surface area contributed by atoms with E-state index in [0.29, 0.717) is 11.8 Å². The van der Waals surface area contributed by atoms with Crippen LogP contribution in [0.3, 0.4) is 0 Å². The summed E-state index contributed by atoms with van der Waals surface area (Å²) in [6.45, 7) is 17.5. The van der Waals surface area contributed by atoms with Gasteiger partial charge in [0, 0.05) is 36.6 Å². The predicted octanol–water partition coefficient (Wildman–Crippen LogP) is 5.04. The number of ether oxygens (including phenoxy) is 2. The van der Waals surface area contributed by atoms with Gasteiger partial charge in [0.2, 0.25) is 0 Å². The number of methoxy groups -OCH3 is 1. The first-order valence-corrected chi connectivity index (χ1v) is 13.3. The van der Waals surface area contributed by atoms with Crippen LogP contribution in [0.15, 0.2) is 12.1 Å². The van der Waals surface area contributed by atoms with E-state index >= 15 is 0 Å². The summed E-state index contributed by atoms with van der Waals surface area (Å²) < 4.78 is 13.0. The quantitative estimate of drug-likeness (QED) is 0.644. The molecule has 34 heavy (non-hydrogen) atoms. The Morgan fingerprint density at radius 3 is 2.47 bits per heavy atom. The second kappa shape index (κ2) is 7.60. The summed E-state index contributed by atoms with van der Waals surface area (Å²) >= 11 is 0. The predicted molar refractivity (Wildman–Crippen MR) is 134 cm³/mol. The van der Waals surface area contributed by atoms with E-state index in [-0.39, 0.29) is 40.1 Å². The number of nitrogens with zero attached hydrogens (tertiary/aromatic N) is 1. The smallest absolute Gasteiger partial charge is 0.165 e. The number of benzene rings is 1. The van der Waals surface area contributed by atoms with E-state index in [2.05, 4.69) is 46.4 Å². The molecule has 7 atom stereocenters. The van der Waals surface area contributed by atoms with Crippen molar-refractivity contribution in [2.75, 3.05) is 20.2 Å². The molecule has 0 radical (unpaired) electrons. The van der Waals surface area contributed by atoms with E-state index in [0.717, 1.165) is 31.8 Å². The Morgan fingerprint density at radius 1 is 1.21 bits per heavy atom. The van der Waals surface area contributed by atoms with Crippen molar-refractivity contribution in [1.29, 1.82) is 0 Å². The van der Waals surface area contributed by atoms with Crippen LogP contribution in [0, 0.1) is 29.6 Å². The average Bonchev–Trinajstić information content (AvgIpc) is 3.50. The summed E-state index contributed by atoms with van der Waals surface area (Å²) in [6.07, 6.45) is 4.01. The van der Waals surface area contributed by atoms with Gasteiger partial charge in [-0.3, -0.25) is 4.90 Å². The van der Waals surface area contributed by atoms with Crippen LogP contribution in [-0.2, 0) is 10.2 Å². The van der Waals surface area contributed by atoms with Gasteiger partial charge in [0.05, 0.1) is 5.60 Å². The Hall–Kier alpha value is -1.30. The lowest BCUT2D eigenvalue weighted by atomic mass is 9.43. The van der Waals surface area contributed by atoms with Crippen LogP contribution in [0.1, 0.15) is 78.4 Å². The molecule has 2 heterocycles. The standard InChI is InChI=1S/C29H45NO4/c1-17-9-12-21(31)24-22(17)29-13-14-30(16-19-10-11-19)18(2)27(29,6)15-20(23(33-8)25(29)34-24)28(7,32)26(3,4)5/h9,12,18-20,23,25,31-32H,10-11,13-16H2,1-8H3/t18-,20+,23-,25+,27-,28+,29+/m1/s1. The summed E-state index contributed by atoms with van der Waals surface area (Å²) in [5.74, 6) is 1.59. The van der Waals surface area contributed by atoms with Crippen LogP contribution in [0.25, 0.3) is 0 Å². The number of hydrogen-bond donors (Lipinski definition) is 2. The molecule has 2 N–H and O–H groups in total. The van der Waals surface area contributed by atoms with Gasteiger partial charge in [-0.05, 0) is 81.4 Å². The molecular weight excluding hydrogens is 426 g/mol. The number of fused-ring (bicyclic) bond motifs is 1. The molecule has 1 spiro atoms. The normalized spacial score (nSPS) is 39.6. The Balaban J connectivity index is 1.70. The maximum Gasteiger partial charge on any atom is 0.165 e. The highest BCUT2D eigenvalue weighted by Crippen LogP contribution is 2.69. The molecule has 0 aromatic heterocycles. The Kier molecular flexibility index (Phi) is 5.45. The molecular formula is C29H45NO4. The molecule has 2 saturated carbocycles. The fourth-order valence-electron chi connectivity index (χ4n) is 7.89. The van der Waals surface area contributed by atoms with Crippen LogP contribution in [0.2, 0.25) is 0 Å². The van der Waals surface area contributed by atoms with Crippen molar-refractivity contribution in [3.8, 4) is 11.5 Å². The summed E-state index contributed by atoms with van der Waals surface area (Å²) in [5, 5.41) is 22.9. The van der Waals surface area contributed by atoms with Gasteiger partial charge in [-0.25, -0.2) is 0 Å². The first kappa shape index (κ1) is 24.4. The van der Waals surface area contributed by atoms with E-state index in [1.807, 2.05) is 13.0 Å². The molecule has 1 aromatic carbocycles. The number of piperidine rings is 1. The van der Waals surface area contributed by atoms with Crippen LogP contribution >= 0.6 is 0 Å². The van der Waals surface area contributed by atoms with Crippen LogP contribution < -0.4 is 4.74 Å². The monoisotopic (exact) mass is 471 g/mol. The van der Waals surface area contributed by atoms with Crippen molar-refractivity contribution in [3.05, 3.63) is 23.3 Å². The maximum atomic E-state index is 12.0. The number of aliphatic hydroxyl groups is 1. The lowest BCUT2D eigenvalue weighted by Gasteiger charge is -2.66. The number of likely N-dealkylation sites (tertiary alicyclic amines) is 1. The topological polar surface area (TPSA) is 62.2 Å². The fraction of sp³-hybridized carbons (Fsp3) is 0.793. The van der Waals surface area contributed by atoms with Gasteiger partial charge in [0.15, 0.2) is 11.5 Å². The van der Waals surface area contributed by atoms with Crippen molar-refractivity contribution in [2.24, 2.45) is 22.7 Å². The van der Waals surface area contributed by atoms with Crippen molar-refractivity contribution >= 4 is 0 Å². The fourth-order valence-corrected chi connectivity index (χ4v) is 7.89. The SMILES string of the molecule is CO[C@@H]1[C@@H]([C@](C)(O)C(C)(C)C)C[C@]2(C)[C@@H](C)N(CC3CC3)CC[C@@]23c2c(C)ccc(O)c2O[C@@H]13. The molecule has 5 nitrogen and oxygen atoms in total. The molecule has 5 rings (SSSR count). The van der Waals surface area contributed by atoms with Crippen molar-refractivity contribution < 1.29 is 19.7 Å². The van der Waals surface area contributed by atoms with Crippen LogP contribution in [0.5, 0.6) is 11.5 Å². The minimum atomic E-state index is -0.948. The summed E-state index contributed by atoms with van der Waals surface area (Å²) in [5.41, 5.74) is 0.671. The van der Waals surface area contributed by atoms with Gasteiger partial charge in [0.1, 0.15) is 12.2 Å². The van der Waals surface area contributed by atoms with E-state index in [9.17, 15) is 10.2 Å². The molecule has 5 heteroatoms. The number of aromatic hydroxyl groups is 1. The summed E-state index contributed by atoms with van der Waals surface area (Å²) in [4.78, 5) is 2.70. The van der Waals surface area contributed by atoms with Crippen LogP contribution in [0.4, 0.5) is 0 Å². The first-order chi connectivity index (χ1) is 15.8. The molecule has 0 amide bonds. The first-order valence-electron chi connectivity index (χ1n) is 13.3. The Bertz CT molecular complexity index is 964. The third kappa shape index (κ3) is 3.08. The van der Waals surface area contributed by atoms with Gasteiger partial charge in [-0.1, -0.05) is 33.8 Å². The molecule has 0 bridgehead atoms. The average molecular weight is 472 g/mol. The zero-order chi connectivity index (χ0) is 24.8. The molecule has 3 fully saturated rings. The third-order valence-electron chi connectivity index (χ3n) is 10.8. The molecule has 1 aromatic rings. The van der Waals surface area contributed by atoms with Gasteiger partial charge < -0.3 is 19.7 Å². The summed E-state index contributed by atoms with van der Waals surface area (Å²) in [6, 6.07) is 4.13. The summed E-state index contributed by atoms with van der Waals surface area (Å²) in [7, 11) is 1.76. The number of rotatable bonds is 4. The highest BCUT2D eigenvalue weighted by atomic mass is 16.5. The largest absolute Gasteiger partial charge is 0.504 e. The van der Waals surface area contributed by atoms with Crippen molar-refractivity contribution in [3.63, 3.8) is 0 Å². The molecule has 2 aliphatic heterocycles. The zero-order valence-corrected chi connectivity index (χ0v) is 22.4. The van der Waals surface area contributed by atoms with Gasteiger partial charge in [-0.2, -0.15) is 0 Å². The van der Waals surface area contributed by atoms with Gasteiger partial charge >= 0.3 is 0 Å². The molecule has 4 aliphatic rings. The number of phenolic OH excluding ortho intramolecular Hbond substituents is 1. The van der Waals surface area contributed by atoms with E-state index in [1.165, 1.54) is 24.0 Å². The highest BCUT2D eigenvalue weighted by Gasteiger charge is 2.72. The lowest BCUT2D eigenvalue weighted by molar-refractivity contribution is -0.227. The minimum absolute atomic E-state index is 0.0966. The Morgan fingerprint density at radius 2 is 1.88 bits per heavy atom. The van der Waals surface area contributed by atoms with Crippen molar-refractivity contribution in [1.82, 2.24) is 4.90 Å². The minimum Gasteiger partial charge on any atom is -0.504 e. The zero-order valence-electron chi connectivity index (χ0n) is 22.4. The van der Waals surface area contributed by atoms with Gasteiger partial charge in [-0.15, -0.1) is 0 Å². The number of aryl methyl sites for hydroxylation is 1. The van der Waals surface area contributed by atoms with E-state index < -0.39 is 5.60 Å². The molecule has 0 unspecified atom stereocenters. The highest BCUT2D eigenvalue weighted by molar-refractivity contribution is 5.59. The molecule has 1 saturated heterocycles.